The minimum Gasteiger partial charge on any atom is -0.444 e. The second kappa shape index (κ2) is 10.5. The quantitative estimate of drug-likeness (QED) is 0.576. The number of ether oxygens (including phenoxy) is 1. The number of hydrogen-bond acceptors (Lipinski definition) is 3. The Kier molecular flexibility index (Phi) is 8.72. The molecule has 2 aliphatic rings. The van der Waals surface area contributed by atoms with Gasteiger partial charge in [0.15, 0.2) is 0 Å². The normalized spacial score (nSPS) is 26.5. The Morgan fingerprint density at radius 2 is 1.81 bits per heavy atom. The molecule has 1 aliphatic heterocycles. The monoisotopic (exact) mass is 366 g/mol. The van der Waals surface area contributed by atoms with Gasteiger partial charge in [0.2, 0.25) is 0 Å². The minimum absolute atomic E-state index is 0.108. The van der Waals surface area contributed by atoms with E-state index >= 15 is 0 Å². The van der Waals surface area contributed by atoms with Crippen molar-refractivity contribution < 1.29 is 9.53 Å². The van der Waals surface area contributed by atoms with Crippen molar-refractivity contribution in [2.75, 3.05) is 13.1 Å². The zero-order valence-corrected chi connectivity index (χ0v) is 17.7. The lowest BCUT2D eigenvalue weighted by molar-refractivity contribution is 0.0222. The maximum absolute atomic E-state index is 12.5. The van der Waals surface area contributed by atoms with Gasteiger partial charge in [-0.3, -0.25) is 0 Å². The summed E-state index contributed by atoms with van der Waals surface area (Å²) in [6.45, 7) is 10.1. The molecular weight excluding hydrogens is 324 g/mol. The van der Waals surface area contributed by atoms with Crippen LogP contribution in [0.3, 0.4) is 0 Å². The van der Waals surface area contributed by atoms with Gasteiger partial charge in [-0.15, -0.1) is 0 Å². The van der Waals surface area contributed by atoms with E-state index in [2.05, 4.69) is 12.2 Å². The second-order valence-electron chi connectivity index (χ2n) is 9.39. The van der Waals surface area contributed by atoms with Crippen LogP contribution in [0.15, 0.2) is 0 Å². The zero-order valence-electron chi connectivity index (χ0n) is 17.7. The van der Waals surface area contributed by atoms with Gasteiger partial charge in [0.1, 0.15) is 5.60 Å². The second-order valence-corrected chi connectivity index (χ2v) is 9.39. The summed E-state index contributed by atoms with van der Waals surface area (Å²) in [7, 11) is 0. The molecule has 1 heterocycles. The number of hydrogen-bond donors (Lipinski definition) is 1. The lowest BCUT2D eigenvalue weighted by Crippen LogP contribution is -2.39. The molecule has 0 aromatic carbocycles. The summed E-state index contributed by atoms with van der Waals surface area (Å²) in [6, 6.07) is 1.06. The van der Waals surface area contributed by atoms with E-state index < -0.39 is 5.60 Å². The highest BCUT2D eigenvalue weighted by Gasteiger charge is 2.46. The Hall–Kier alpha value is -0.770. The Bertz CT molecular complexity index is 419. The molecule has 4 nitrogen and oxygen atoms in total. The van der Waals surface area contributed by atoms with Crippen molar-refractivity contribution in [3.05, 3.63) is 0 Å². The largest absolute Gasteiger partial charge is 0.444 e. The maximum Gasteiger partial charge on any atom is 0.410 e. The van der Waals surface area contributed by atoms with Crippen molar-refractivity contribution in [2.45, 2.75) is 116 Å². The number of rotatable bonds is 8. The summed E-state index contributed by atoms with van der Waals surface area (Å²) in [4.78, 5) is 14.5. The zero-order chi connectivity index (χ0) is 19.0. The van der Waals surface area contributed by atoms with Crippen LogP contribution in [0.1, 0.15) is 98.3 Å². The van der Waals surface area contributed by atoms with Crippen LogP contribution in [0.2, 0.25) is 0 Å². The molecule has 3 unspecified atom stereocenters. The van der Waals surface area contributed by atoms with E-state index in [4.69, 9.17) is 4.74 Å². The predicted molar refractivity (Wildman–Crippen MR) is 108 cm³/mol. The maximum atomic E-state index is 12.5. The topological polar surface area (TPSA) is 41.6 Å². The molecule has 0 bridgehead atoms. The molecule has 1 amide bonds. The molecule has 3 atom stereocenters. The van der Waals surface area contributed by atoms with Gasteiger partial charge in [0, 0.05) is 18.6 Å². The molecule has 2 fully saturated rings. The van der Waals surface area contributed by atoms with Gasteiger partial charge in [0.05, 0.1) is 0 Å². The number of carbonyl (C=O) groups excluding carboxylic acids is 1. The molecule has 0 aromatic heterocycles. The van der Waals surface area contributed by atoms with Crippen LogP contribution in [0.5, 0.6) is 0 Å². The van der Waals surface area contributed by atoms with Gasteiger partial charge in [-0.1, -0.05) is 45.4 Å². The van der Waals surface area contributed by atoms with E-state index in [9.17, 15) is 4.79 Å². The average Bonchev–Trinajstić information content (AvgIpc) is 3.29. The van der Waals surface area contributed by atoms with Crippen molar-refractivity contribution in [2.24, 2.45) is 5.92 Å². The molecule has 1 aliphatic carbocycles. The van der Waals surface area contributed by atoms with Gasteiger partial charge in [-0.25, -0.2) is 4.79 Å². The molecule has 1 saturated carbocycles. The Labute approximate surface area is 161 Å². The third kappa shape index (κ3) is 7.85. The Morgan fingerprint density at radius 3 is 2.54 bits per heavy atom. The predicted octanol–water partition coefficient (Wildman–Crippen LogP) is 5.50. The molecular formula is C22H42N2O2. The first kappa shape index (κ1) is 21.5. The lowest BCUT2D eigenvalue weighted by Gasteiger charge is -2.27. The Balaban J connectivity index is 1.70. The standard InChI is InChI=1S/C22H42N2O2/c1-5-6-7-8-9-11-14-23-19-13-10-12-15-24(20-17-18(20)16-19)21(25)26-22(2,3)4/h18-20,23H,5-17H2,1-4H3. The first-order chi connectivity index (χ1) is 12.4. The number of fused-ring (bicyclic) bond motifs is 1. The summed E-state index contributed by atoms with van der Waals surface area (Å²) < 4.78 is 5.63. The Morgan fingerprint density at radius 1 is 1.08 bits per heavy atom. The highest BCUT2D eigenvalue weighted by Crippen LogP contribution is 2.41. The van der Waals surface area contributed by atoms with Gasteiger partial charge in [-0.05, 0) is 65.3 Å². The van der Waals surface area contributed by atoms with Crippen LogP contribution in [-0.2, 0) is 4.74 Å². The molecule has 0 radical (unpaired) electrons. The fraction of sp³-hybridized carbons (Fsp3) is 0.955. The van der Waals surface area contributed by atoms with Crippen LogP contribution >= 0.6 is 0 Å². The summed E-state index contributed by atoms with van der Waals surface area (Å²) in [5, 5.41) is 3.81. The van der Waals surface area contributed by atoms with E-state index in [0.717, 1.165) is 25.9 Å². The van der Waals surface area contributed by atoms with Crippen LogP contribution in [-0.4, -0.2) is 41.8 Å². The summed E-state index contributed by atoms with van der Waals surface area (Å²) >= 11 is 0. The first-order valence-corrected chi connectivity index (χ1v) is 11.1. The van der Waals surface area contributed by atoms with Crippen LogP contribution in [0, 0.1) is 5.92 Å². The van der Waals surface area contributed by atoms with E-state index in [1.807, 2.05) is 25.7 Å². The minimum atomic E-state index is -0.402. The van der Waals surface area contributed by atoms with Gasteiger partial charge >= 0.3 is 6.09 Å². The molecule has 26 heavy (non-hydrogen) atoms. The number of nitrogens with zero attached hydrogens (tertiary/aromatic N) is 1. The van der Waals surface area contributed by atoms with E-state index in [-0.39, 0.29) is 6.09 Å². The highest BCUT2D eigenvalue weighted by molar-refractivity contribution is 5.69. The molecule has 4 heteroatoms. The van der Waals surface area contributed by atoms with Crippen molar-refractivity contribution in [1.29, 1.82) is 0 Å². The fourth-order valence-corrected chi connectivity index (χ4v) is 4.13. The summed E-state index contributed by atoms with van der Waals surface area (Å²) in [6.07, 6.45) is 14.0. The molecule has 2 rings (SSSR count). The molecule has 0 aromatic rings. The number of unbranched alkanes of at least 4 members (excludes halogenated alkanes) is 5. The van der Waals surface area contributed by atoms with Crippen molar-refractivity contribution >= 4 is 6.09 Å². The average molecular weight is 367 g/mol. The van der Waals surface area contributed by atoms with Gasteiger partial charge in [-0.2, -0.15) is 0 Å². The first-order valence-electron chi connectivity index (χ1n) is 11.1. The highest BCUT2D eigenvalue weighted by atomic mass is 16.6. The van der Waals surface area contributed by atoms with E-state index in [0.29, 0.717) is 18.0 Å². The van der Waals surface area contributed by atoms with Crippen molar-refractivity contribution in [3.8, 4) is 0 Å². The summed E-state index contributed by atoms with van der Waals surface area (Å²) in [5.74, 6) is 0.669. The van der Waals surface area contributed by atoms with Crippen molar-refractivity contribution in [1.82, 2.24) is 10.2 Å². The lowest BCUT2D eigenvalue weighted by atomic mass is 10.0. The van der Waals surface area contributed by atoms with Gasteiger partial charge < -0.3 is 15.0 Å². The van der Waals surface area contributed by atoms with Crippen LogP contribution in [0.4, 0.5) is 4.79 Å². The van der Waals surface area contributed by atoms with Gasteiger partial charge in [0.25, 0.3) is 0 Å². The summed E-state index contributed by atoms with van der Waals surface area (Å²) in [5.41, 5.74) is -0.402. The molecule has 1 N–H and O–H groups in total. The number of carbonyl (C=O) groups is 1. The number of nitrogens with one attached hydrogen (secondary N) is 1. The smallest absolute Gasteiger partial charge is 0.410 e. The van der Waals surface area contributed by atoms with E-state index in [1.165, 1.54) is 57.8 Å². The fourth-order valence-electron chi connectivity index (χ4n) is 4.13. The molecule has 0 spiro atoms. The number of amides is 1. The third-order valence-electron chi connectivity index (χ3n) is 5.67. The SMILES string of the molecule is CCCCCCCCNC1CCCCN(C(=O)OC(C)(C)C)C2CC2C1. The third-order valence-corrected chi connectivity index (χ3v) is 5.67. The van der Waals surface area contributed by atoms with Crippen LogP contribution in [0.25, 0.3) is 0 Å². The van der Waals surface area contributed by atoms with Crippen molar-refractivity contribution in [3.63, 3.8) is 0 Å². The molecule has 152 valence electrons. The van der Waals surface area contributed by atoms with Crippen LogP contribution < -0.4 is 5.32 Å². The molecule has 1 saturated heterocycles. The van der Waals surface area contributed by atoms with E-state index in [1.54, 1.807) is 0 Å².